The molecular weight excluding hydrogens is 182 g/mol. The fourth-order valence-corrected chi connectivity index (χ4v) is 2.70. The molecule has 4 heteroatoms. The van der Waals surface area contributed by atoms with Crippen molar-refractivity contribution in [2.75, 3.05) is 5.75 Å². The van der Waals surface area contributed by atoms with Crippen LogP contribution in [0.1, 0.15) is 24.8 Å². The van der Waals surface area contributed by atoms with Crippen molar-refractivity contribution < 1.29 is 0 Å². The van der Waals surface area contributed by atoms with Gasteiger partial charge in [0.1, 0.15) is 0 Å². The maximum absolute atomic E-state index is 4.27. The molecule has 1 N–H and O–H groups in total. The Hall–Kier alpha value is -0.480. The highest BCUT2D eigenvalue weighted by Crippen LogP contribution is 2.31. The van der Waals surface area contributed by atoms with E-state index in [1.807, 2.05) is 22.6 Å². The van der Waals surface area contributed by atoms with Crippen molar-refractivity contribution in [3.63, 3.8) is 0 Å². The smallest absolute Gasteiger partial charge is 0.0822 e. The van der Waals surface area contributed by atoms with Crippen LogP contribution < -0.4 is 5.32 Å². The molecule has 3 nitrogen and oxygen atoms in total. The zero-order chi connectivity index (χ0) is 9.26. The Balaban J connectivity index is 2.08. The van der Waals surface area contributed by atoms with Gasteiger partial charge in [0.2, 0.25) is 0 Å². The van der Waals surface area contributed by atoms with Crippen molar-refractivity contribution in [1.29, 1.82) is 0 Å². The fourth-order valence-electron chi connectivity index (χ4n) is 1.48. The van der Waals surface area contributed by atoms with Gasteiger partial charge >= 0.3 is 0 Å². The van der Waals surface area contributed by atoms with Gasteiger partial charge in [0, 0.05) is 30.1 Å². The summed E-state index contributed by atoms with van der Waals surface area (Å²) < 4.78 is 1.97. The number of aromatic nitrogens is 2. The van der Waals surface area contributed by atoms with Gasteiger partial charge in [-0.3, -0.25) is 10.00 Å². The van der Waals surface area contributed by atoms with E-state index in [4.69, 9.17) is 0 Å². The first-order valence-corrected chi connectivity index (χ1v) is 5.74. The van der Waals surface area contributed by atoms with Crippen molar-refractivity contribution in [3.05, 3.63) is 18.0 Å². The fraction of sp³-hybridized carbons (Fsp3) is 0.667. The summed E-state index contributed by atoms with van der Waals surface area (Å²) in [6.45, 7) is 5.28. The number of thioether (sulfide) groups is 1. The minimum absolute atomic E-state index is 0.454. The van der Waals surface area contributed by atoms with E-state index in [0.717, 1.165) is 6.54 Å². The molecule has 2 rings (SSSR count). The molecule has 1 saturated heterocycles. The number of nitrogens with zero attached hydrogens (tertiary/aromatic N) is 2. The predicted octanol–water partition coefficient (Wildman–Crippen LogP) is 1.63. The van der Waals surface area contributed by atoms with Crippen LogP contribution in [-0.2, 0) is 6.54 Å². The Morgan fingerprint density at radius 3 is 3.15 bits per heavy atom. The third-order valence-corrected chi connectivity index (χ3v) is 3.66. The highest BCUT2D eigenvalue weighted by Gasteiger charge is 2.23. The van der Waals surface area contributed by atoms with Crippen LogP contribution in [0, 0.1) is 0 Å². The number of rotatable bonds is 2. The predicted molar refractivity (Wildman–Crippen MR) is 55.7 cm³/mol. The minimum atomic E-state index is 0.454. The third-order valence-electron chi connectivity index (χ3n) is 2.23. The molecule has 1 aliphatic heterocycles. The largest absolute Gasteiger partial charge is 0.298 e. The maximum atomic E-state index is 4.27. The third kappa shape index (κ3) is 1.89. The van der Waals surface area contributed by atoms with Gasteiger partial charge < -0.3 is 0 Å². The molecule has 0 aromatic carbocycles. The summed E-state index contributed by atoms with van der Waals surface area (Å²) in [6, 6.07) is 0.625. The minimum Gasteiger partial charge on any atom is -0.298 e. The van der Waals surface area contributed by atoms with Crippen LogP contribution in [0.3, 0.4) is 0 Å². The lowest BCUT2D eigenvalue weighted by molar-refractivity contribution is 0.616. The van der Waals surface area contributed by atoms with Crippen molar-refractivity contribution in [1.82, 2.24) is 15.1 Å². The summed E-state index contributed by atoms with van der Waals surface area (Å²) in [6.07, 6.45) is 4.09. The van der Waals surface area contributed by atoms with Gasteiger partial charge in [0.15, 0.2) is 0 Å². The van der Waals surface area contributed by atoms with Crippen LogP contribution in [0.4, 0.5) is 0 Å². The Kier molecular flexibility index (Phi) is 2.60. The van der Waals surface area contributed by atoms with Crippen LogP contribution in [0.15, 0.2) is 12.4 Å². The number of nitrogens with one attached hydrogen (secondary N) is 1. The lowest BCUT2D eigenvalue weighted by Crippen LogP contribution is -2.21. The molecule has 13 heavy (non-hydrogen) atoms. The number of hydrogen-bond acceptors (Lipinski definition) is 3. The van der Waals surface area contributed by atoms with Crippen LogP contribution in [0.5, 0.6) is 0 Å². The molecule has 2 heterocycles. The van der Waals surface area contributed by atoms with Gasteiger partial charge in [-0.1, -0.05) is 0 Å². The summed E-state index contributed by atoms with van der Waals surface area (Å²) in [7, 11) is 0. The van der Waals surface area contributed by atoms with E-state index in [-0.39, 0.29) is 0 Å². The Morgan fingerprint density at radius 2 is 2.62 bits per heavy atom. The summed E-state index contributed by atoms with van der Waals surface area (Å²) in [5.74, 6) is 1.20. The van der Waals surface area contributed by atoms with Gasteiger partial charge in [-0.2, -0.15) is 5.10 Å². The second-order valence-corrected chi connectivity index (χ2v) is 4.55. The van der Waals surface area contributed by atoms with E-state index in [0.29, 0.717) is 11.4 Å². The van der Waals surface area contributed by atoms with E-state index in [1.165, 1.54) is 11.3 Å². The molecule has 0 radical (unpaired) electrons. The number of aryl methyl sites for hydroxylation is 1. The lowest BCUT2D eigenvalue weighted by Gasteiger charge is -2.07. The Morgan fingerprint density at radius 1 is 1.77 bits per heavy atom. The molecule has 1 fully saturated rings. The molecular formula is C9H15N3S. The van der Waals surface area contributed by atoms with Gasteiger partial charge in [0.05, 0.1) is 11.6 Å². The first kappa shape index (κ1) is 9.09. The summed E-state index contributed by atoms with van der Waals surface area (Å²) in [5, 5.41) is 8.24. The van der Waals surface area contributed by atoms with Gasteiger partial charge in [-0.15, -0.1) is 11.8 Å². The SMILES string of the molecule is CCn1cc(C2NC(C)CS2)cn1. The highest BCUT2D eigenvalue weighted by molar-refractivity contribution is 7.99. The van der Waals surface area contributed by atoms with Crippen molar-refractivity contribution in [3.8, 4) is 0 Å². The molecule has 1 aliphatic rings. The first-order valence-electron chi connectivity index (χ1n) is 4.69. The average molecular weight is 197 g/mol. The summed E-state index contributed by atoms with van der Waals surface area (Å²) >= 11 is 1.96. The molecule has 1 aromatic heterocycles. The summed E-state index contributed by atoms with van der Waals surface area (Å²) in [5.41, 5.74) is 1.30. The average Bonchev–Trinajstić information content (AvgIpc) is 2.71. The van der Waals surface area contributed by atoms with Crippen molar-refractivity contribution in [2.45, 2.75) is 31.8 Å². The molecule has 2 unspecified atom stereocenters. The van der Waals surface area contributed by atoms with Crippen molar-refractivity contribution in [2.24, 2.45) is 0 Å². The van der Waals surface area contributed by atoms with Gasteiger partial charge in [-0.05, 0) is 13.8 Å². The standard InChI is InChI=1S/C9H15N3S/c1-3-12-5-8(4-10-12)9-11-7(2)6-13-9/h4-5,7,9,11H,3,6H2,1-2H3. The molecule has 0 aliphatic carbocycles. The van der Waals surface area contributed by atoms with Crippen LogP contribution >= 0.6 is 11.8 Å². The van der Waals surface area contributed by atoms with Crippen LogP contribution in [-0.4, -0.2) is 21.6 Å². The normalized spacial score (nSPS) is 28.2. The Bertz CT molecular complexity index is 284. The van der Waals surface area contributed by atoms with Crippen LogP contribution in [0.25, 0.3) is 0 Å². The maximum Gasteiger partial charge on any atom is 0.0822 e. The zero-order valence-corrected chi connectivity index (χ0v) is 8.84. The Labute approximate surface area is 82.9 Å². The van der Waals surface area contributed by atoms with Gasteiger partial charge in [0.25, 0.3) is 0 Å². The highest BCUT2D eigenvalue weighted by atomic mass is 32.2. The second kappa shape index (κ2) is 3.72. The molecule has 0 amide bonds. The molecule has 0 saturated carbocycles. The topological polar surface area (TPSA) is 29.9 Å². The quantitative estimate of drug-likeness (QED) is 0.781. The summed E-state index contributed by atoms with van der Waals surface area (Å²) in [4.78, 5) is 0. The molecule has 72 valence electrons. The first-order chi connectivity index (χ1) is 6.29. The zero-order valence-electron chi connectivity index (χ0n) is 8.03. The molecule has 2 atom stereocenters. The molecule has 1 aromatic rings. The van der Waals surface area contributed by atoms with E-state index in [1.54, 1.807) is 0 Å². The second-order valence-electron chi connectivity index (χ2n) is 3.41. The molecule has 0 spiro atoms. The van der Waals surface area contributed by atoms with E-state index < -0.39 is 0 Å². The molecule has 0 bridgehead atoms. The van der Waals surface area contributed by atoms with Crippen molar-refractivity contribution >= 4 is 11.8 Å². The number of hydrogen-bond donors (Lipinski definition) is 1. The van der Waals surface area contributed by atoms with Gasteiger partial charge in [-0.25, -0.2) is 0 Å². The monoisotopic (exact) mass is 197 g/mol. The van der Waals surface area contributed by atoms with E-state index >= 15 is 0 Å². The van der Waals surface area contributed by atoms with Crippen LogP contribution in [0.2, 0.25) is 0 Å². The van der Waals surface area contributed by atoms with E-state index in [9.17, 15) is 0 Å². The van der Waals surface area contributed by atoms with E-state index in [2.05, 4.69) is 30.5 Å². The lowest BCUT2D eigenvalue weighted by atomic mass is 10.3.